The summed E-state index contributed by atoms with van der Waals surface area (Å²) in [7, 11) is 0. The molecule has 0 unspecified atom stereocenters. The fourth-order valence-electron chi connectivity index (χ4n) is 0.697. The number of hydrogen-bond acceptors (Lipinski definition) is 3. The fourth-order valence-corrected chi connectivity index (χ4v) is 1.00. The van der Waals surface area contributed by atoms with E-state index in [-0.39, 0.29) is 17.9 Å². The molecule has 0 bridgehead atoms. The highest BCUT2D eigenvalue weighted by Gasteiger charge is 2.15. The summed E-state index contributed by atoms with van der Waals surface area (Å²) in [6, 6.07) is -0.369. The Bertz CT molecular complexity index is 139. The van der Waals surface area contributed by atoms with Crippen LogP contribution >= 0.6 is 11.8 Å². The zero-order valence-electron chi connectivity index (χ0n) is 7.96. The molecule has 0 heterocycles. The van der Waals surface area contributed by atoms with Crippen LogP contribution in [-0.2, 0) is 4.79 Å². The van der Waals surface area contributed by atoms with Crippen LogP contribution in [-0.4, -0.2) is 30.5 Å². The van der Waals surface area contributed by atoms with Gasteiger partial charge in [-0.1, -0.05) is 13.8 Å². The third-order valence-corrected chi connectivity index (χ3v) is 2.24. The van der Waals surface area contributed by atoms with Gasteiger partial charge in [0, 0.05) is 12.3 Å². The number of nitrogens with two attached hydrogens (primary N) is 1. The first-order valence-corrected chi connectivity index (χ1v) is 5.51. The average molecular weight is 190 g/mol. The van der Waals surface area contributed by atoms with Crippen LogP contribution in [0.2, 0.25) is 0 Å². The Morgan fingerprint density at radius 2 is 2.17 bits per heavy atom. The SMILES string of the molecule is CSCCNC(=O)[C@H](N)C(C)C. The Labute approximate surface area is 78.5 Å². The van der Waals surface area contributed by atoms with E-state index in [1.54, 1.807) is 11.8 Å². The van der Waals surface area contributed by atoms with Gasteiger partial charge in [0.2, 0.25) is 5.91 Å². The Kier molecular flexibility index (Phi) is 6.20. The van der Waals surface area contributed by atoms with Gasteiger partial charge in [-0.05, 0) is 12.2 Å². The molecule has 0 aliphatic heterocycles. The molecule has 72 valence electrons. The third-order valence-electron chi connectivity index (χ3n) is 1.63. The number of thioether (sulfide) groups is 1. The number of nitrogens with one attached hydrogen (secondary N) is 1. The zero-order valence-corrected chi connectivity index (χ0v) is 8.78. The van der Waals surface area contributed by atoms with Crippen molar-refractivity contribution in [1.29, 1.82) is 0 Å². The Balaban J connectivity index is 3.57. The van der Waals surface area contributed by atoms with Gasteiger partial charge in [0.15, 0.2) is 0 Å². The summed E-state index contributed by atoms with van der Waals surface area (Å²) in [5.74, 6) is 1.11. The van der Waals surface area contributed by atoms with E-state index in [1.165, 1.54) is 0 Å². The summed E-state index contributed by atoms with van der Waals surface area (Å²) in [5.41, 5.74) is 5.62. The lowest BCUT2D eigenvalue weighted by Gasteiger charge is -2.14. The van der Waals surface area contributed by atoms with Crippen molar-refractivity contribution in [1.82, 2.24) is 5.32 Å². The first kappa shape index (κ1) is 11.8. The summed E-state index contributed by atoms with van der Waals surface area (Å²) in [5, 5.41) is 2.78. The quantitative estimate of drug-likeness (QED) is 0.619. The summed E-state index contributed by atoms with van der Waals surface area (Å²) in [6.07, 6.45) is 2.01. The molecule has 0 aliphatic rings. The van der Waals surface area contributed by atoms with E-state index in [9.17, 15) is 4.79 Å². The maximum absolute atomic E-state index is 11.2. The lowest BCUT2D eigenvalue weighted by molar-refractivity contribution is -0.123. The minimum absolute atomic E-state index is 0.0425. The summed E-state index contributed by atoms with van der Waals surface area (Å²) < 4.78 is 0. The van der Waals surface area contributed by atoms with Crippen molar-refractivity contribution in [3.63, 3.8) is 0 Å². The van der Waals surface area contributed by atoms with Gasteiger partial charge in [-0.2, -0.15) is 11.8 Å². The first-order chi connectivity index (χ1) is 5.59. The molecular formula is C8H18N2OS. The predicted molar refractivity (Wildman–Crippen MR) is 54.2 cm³/mol. The van der Waals surface area contributed by atoms with E-state index in [4.69, 9.17) is 5.73 Å². The number of amides is 1. The lowest BCUT2D eigenvalue weighted by atomic mass is 10.1. The van der Waals surface area contributed by atoms with Gasteiger partial charge in [0.1, 0.15) is 0 Å². The molecule has 0 aromatic carbocycles. The van der Waals surface area contributed by atoms with Crippen molar-refractivity contribution in [2.45, 2.75) is 19.9 Å². The van der Waals surface area contributed by atoms with Crippen LogP contribution < -0.4 is 11.1 Å². The van der Waals surface area contributed by atoms with Crippen molar-refractivity contribution in [2.75, 3.05) is 18.6 Å². The van der Waals surface area contributed by atoms with Crippen molar-refractivity contribution in [3.8, 4) is 0 Å². The van der Waals surface area contributed by atoms with Gasteiger partial charge < -0.3 is 11.1 Å². The third kappa shape index (κ3) is 4.62. The number of carbonyl (C=O) groups is 1. The second-order valence-electron chi connectivity index (χ2n) is 3.05. The van der Waals surface area contributed by atoms with Crippen LogP contribution in [0.4, 0.5) is 0 Å². The van der Waals surface area contributed by atoms with Crippen molar-refractivity contribution >= 4 is 17.7 Å². The van der Waals surface area contributed by atoms with Crippen LogP contribution in [0.3, 0.4) is 0 Å². The number of carbonyl (C=O) groups excluding carboxylic acids is 1. The van der Waals surface area contributed by atoms with Crippen LogP contribution in [0.1, 0.15) is 13.8 Å². The van der Waals surface area contributed by atoms with Crippen LogP contribution in [0.15, 0.2) is 0 Å². The van der Waals surface area contributed by atoms with E-state index < -0.39 is 0 Å². The zero-order chi connectivity index (χ0) is 9.56. The van der Waals surface area contributed by atoms with Gasteiger partial charge >= 0.3 is 0 Å². The summed E-state index contributed by atoms with van der Waals surface area (Å²) in [4.78, 5) is 11.2. The highest BCUT2D eigenvalue weighted by atomic mass is 32.2. The van der Waals surface area contributed by atoms with Gasteiger partial charge in [-0.25, -0.2) is 0 Å². The molecule has 3 N–H and O–H groups in total. The average Bonchev–Trinajstić information content (AvgIpc) is 2.03. The minimum Gasteiger partial charge on any atom is -0.354 e. The molecule has 4 heteroatoms. The molecule has 0 spiro atoms. The maximum Gasteiger partial charge on any atom is 0.237 e. The predicted octanol–water partition coefficient (Wildman–Crippen LogP) is 0.449. The summed E-state index contributed by atoms with van der Waals surface area (Å²) >= 11 is 1.71. The lowest BCUT2D eigenvalue weighted by Crippen LogP contribution is -2.44. The van der Waals surface area contributed by atoms with Gasteiger partial charge in [-0.15, -0.1) is 0 Å². The van der Waals surface area contributed by atoms with Gasteiger partial charge in [0.25, 0.3) is 0 Å². The molecule has 0 rings (SSSR count). The topological polar surface area (TPSA) is 55.1 Å². The molecule has 0 saturated carbocycles. The second kappa shape index (κ2) is 6.31. The van der Waals surface area contributed by atoms with Crippen molar-refractivity contribution in [3.05, 3.63) is 0 Å². The van der Waals surface area contributed by atoms with Crippen molar-refractivity contribution in [2.24, 2.45) is 11.7 Å². The van der Waals surface area contributed by atoms with Crippen LogP contribution in [0.5, 0.6) is 0 Å². The Morgan fingerprint density at radius 1 is 1.58 bits per heavy atom. The normalized spacial score (nSPS) is 13.1. The van der Waals surface area contributed by atoms with E-state index in [0.717, 1.165) is 5.75 Å². The smallest absolute Gasteiger partial charge is 0.237 e. The van der Waals surface area contributed by atoms with E-state index >= 15 is 0 Å². The molecular weight excluding hydrogens is 172 g/mol. The fraction of sp³-hybridized carbons (Fsp3) is 0.875. The number of rotatable bonds is 5. The maximum atomic E-state index is 11.2. The highest BCUT2D eigenvalue weighted by Crippen LogP contribution is 1.97. The minimum atomic E-state index is -0.369. The Morgan fingerprint density at radius 3 is 2.58 bits per heavy atom. The molecule has 0 aliphatic carbocycles. The van der Waals surface area contributed by atoms with Crippen molar-refractivity contribution < 1.29 is 4.79 Å². The standard InChI is InChI=1S/C8H18N2OS/c1-6(2)7(9)8(11)10-4-5-12-3/h6-7H,4-5,9H2,1-3H3,(H,10,11)/t7-/m1/s1. The van der Waals surface area contributed by atoms with Gasteiger partial charge in [-0.3, -0.25) is 4.79 Å². The van der Waals surface area contributed by atoms with E-state index in [2.05, 4.69) is 5.32 Å². The summed E-state index contributed by atoms with van der Waals surface area (Å²) in [6.45, 7) is 4.60. The molecule has 0 aromatic rings. The molecule has 1 atom stereocenters. The molecule has 0 fully saturated rings. The molecule has 12 heavy (non-hydrogen) atoms. The van der Waals surface area contributed by atoms with Gasteiger partial charge in [0.05, 0.1) is 6.04 Å². The van der Waals surface area contributed by atoms with Crippen LogP contribution in [0.25, 0.3) is 0 Å². The largest absolute Gasteiger partial charge is 0.354 e. The van der Waals surface area contributed by atoms with Crippen LogP contribution in [0, 0.1) is 5.92 Å². The monoisotopic (exact) mass is 190 g/mol. The van der Waals surface area contributed by atoms with E-state index in [0.29, 0.717) is 6.54 Å². The number of hydrogen-bond donors (Lipinski definition) is 2. The molecule has 0 saturated heterocycles. The second-order valence-corrected chi connectivity index (χ2v) is 4.04. The highest BCUT2D eigenvalue weighted by molar-refractivity contribution is 7.98. The molecule has 0 radical (unpaired) electrons. The molecule has 0 aromatic heterocycles. The first-order valence-electron chi connectivity index (χ1n) is 4.11. The molecule has 3 nitrogen and oxygen atoms in total. The molecule has 1 amide bonds. The Hall–Kier alpha value is -0.220. The van der Waals surface area contributed by atoms with E-state index in [1.807, 2.05) is 20.1 Å².